The van der Waals surface area contributed by atoms with Crippen molar-refractivity contribution >= 4 is 39.3 Å². The highest BCUT2D eigenvalue weighted by atomic mass is 32.2. The first-order valence-corrected chi connectivity index (χ1v) is 12.8. The molecule has 0 bridgehead atoms. The van der Waals surface area contributed by atoms with Crippen LogP contribution in [0.25, 0.3) is 0 Å². The summed E-state index contributed by atoms with van der Waals surface area (Å²) in [5.74, 6) is -0.286. The fourth-order valence-electron chi connectivity index (χ4n) is 3.89. The number of hydrogen-bond donors (Lipinski definition) is 3. The van der Waals surface area contributed by atoms with Gasteiger partial charge in [-0.25, -0.2) is 22.7 Å². The van der Waals surface area contributed by atoms with Gasteiger partial charge in [0.15, 0.2) is 0 Å². The van der Waals surface area contributed by atoms with Crippen LogP contribution < -0.4 is 15.4 Å². The summed E-state index contributed by atoms with van der Waals surface area (Å²) in [4.78, 5) is 38.3. The first-order chi connectivity index (χ1) is 15.3. The molecule has 0 atom stereocenters. The second-order valence-corrected chi connectivity index (χ2v) is 10.5. The number of carbonyl (C=O) groups excluding carboxylic acids is 3. The minimum absolute atomic E-state index is 0.0133. The summed E-state index contributed by atoms with van der Waals surface area (Å²) >= 11 is 1.33. The predicted octanol–water partition coefficient (Wildman–Crippen LogP) is 2.59. The van der Waals surface area contributed by atoms with Crippen molar-refractivity contribution < 1.29 is 22.8 Å². The summed E-state index contributed by atoms with van der Waals surface area (Å²) in [6, 6.07) is 6.81. The number of carbonyl (C=O) groups is 3. The van der Waals surface area contributed by atoms with Gasteiger partial charge in [0, 0.05) is 12.6 Å². The number of sulfonamides is 1. The number of amides is 5. The normalized spacial score (nSPS) is 16.1. The van der Waals surface area contributed by atoms with Crippen LogP contribution in [0.4, 0.5) is 9.59 Å². The Morgan fingerprint density at radius 3 is 2.50 bits per heavy atom. The van der Waals surface area contributed by atoms with Crippen molar-refractivity contribution in [2.45, 2.75) is 49.6 Å². The maximum atomic E-state index is 12.4. The van der Waals surface area contributed by atoms with Crippen LogP contribution in [0.2, 0.25) is 0 Å². The molecule has 9 nitrogen and oxygen atoms in total. The molecule has 11 heteroatoms. The molecule has 1 aliphatic heterocycles. The minimum Gasteiger partial charge on any atom is -0.337 e. The van der Waals surface area contributed by atoms with E-state index in [0.717, 1.165) is 36.8 Å². The summed E-state index contributed by atoms with van der Waals surface area (Å²) in [5.41, 5.74) is 1.67. The van der Waals surface area contributed by atoms with E-state index >= 15 is 0 Å². The zero-order valence-corrected chi connectivity index (χ0v) is 18.9. The smallest absolute Gasteiger partial charge is 0.328 e. The molecule has 1 fully saturated rings. The third-order valence-electron chi connectivity index (χ3n) is 5.60. The monoisotopic (exact) mass is 476 g/mol. The van der Waals surface area contributed by atoms with E-state index in [1.807, 2.05) is 16.2 Å². The van der Waals surface area contributed by atoms with Crippen LogP contribution in [0.15, 0.2) is 40.6 Å². The van der Waals surface area contributed by atoms with E-state index in [1.54, 1.807) is 12.1 Å². The van der Waals surface area contributed by atoms with Crippen LogP contribution in [0.1, 0.15) is 46.5 Å². The van der Waals surface area contributed by atoms with Crippen LogP contribution in [-0.4, -0.2) is 43.9 Å². The lowest BCUT2D eigenvalue weighted by Gasteiger charge is -2.15. The average Bonchev–Trinajstić information content (AvgIpc) is 3.48. The van der Waals surface area contributed by atoms with Crippen molar-refractivity contribution in [3.63, 3.8) is 0 Å². The van der Waals surface area contributed by atoms with Gasteiger partial charge >= 0.3 is 12.1 Å². The summed E-state index contributed by atoms with van der Waals surface area (Å²) in [6.07, 6.45) is 4.25. The largest absolute Gasteiger partial charge is 0.337 e. The van der Waals surface area contributed by atoms with Crippen molar-refractivity contribution in [3.8, 4) is 0 Å². The first kappa shape index (κ1) is 22.3. The van der Waals surface area contributed by atoms with E-state index in [4.69, 9.17) is 0 Å². The summed E-state index contributed by atoms with van der Waals surface area (Å²) in [7, 11) is -3.96. The molecule has 0 radical (unpaired) electrons. The molecule has 170 valence electrons. The number of nitrogens with one attached hydrogen (secondary N) is 3. The predicted molar refractivity (Wildman–Crippen MR) is 119 cm³/mol. The third-order valence-corrected chi connectivity index (χ3v) is 7.89. The molecule has 1 aliphatic carbocycles. The zero-order chi connectivity index (χ0) is 22.7. The molecule has 1 aromatic carbocycles. The van der Waals surface area contributed by atoms with Crippen LogP contribution in [-0.2, 0) is 23.0 Å². The van der Waals surface area contributed by atoms with E-state index in [0.29, 0.717) is 17.8 Å². The lowest BCUT2D eigenvalue weighted by atomic mass is 10.1. The Morgan fingerprint density at radius 2 is 1.81 bits per heavy atom. The molecular weight excluding hydrogens is 452 g/mol. The summed E-state index contributed by atoms with van der Waals surface area (Å²) in [6.45, 7) is 0.571. The molecule has 0 saturated heterocycles. The molecule has 5 amide bonds. The number of nitrogens with zero attached hydrogens (tertiary/aromatic N) is 1. The maximum Gasteiger partial charge on any atom is 0.328 e. The molecule has 2 aliphatic rings. The van der Waals surface area contributed by atoms with Gasteiger partial charge in [-0.2, -0.15) is 0 Å². The molecule has 0 unspecified atom stereocenters. The number of urea groups is 2. The lowest BCUT2D eigenvalue weighted by Crippen LogP contribution is -2.43. The Hall–Kier alpha value is -2.92. The minimum atomic E-state index is -3.96. The standard InChI is InChI=1S/C21H24N4O5S2/c26-19-18-15(10-12-31-18)13-25(19)21(28)22-11-9-14-5-7-17(8-6-14)32(29,30)24-20(27)23-16-3-1-2-4-16/h5-8,10,12,16H,1-4,9,11,13H2,(H,22,28)(H2,23,24,27). The van der Waals surface area contributed by atoms with Gasteiger partial charge in [-0.1, -0.05) is 25.0 Å². The maximum absolute atomic E-state index is 12.4. The van der Waals surface area contributed by atoms with Crippen LogP contribution in [0.3, 0.4) is 0 Å². The first-order valence-electron chi connectivity index (χ1n) is 10.4. The van der Waals surface area contributed by atoms with Crippen molar-refractivity contribution in [2.75, 3.05) is 6.54 Å². The topological polar surface area (TPSA) is 125 Å². The molecule has 3 N–H and O–H groups in total. The fraction of sp³-hybridized carbons (Fsp3) is 0.381. The van der Waals surface area contributed by atoms with Gasteiger partial charge in [0.1, 0.15) is 0 Å². The van der Waals surface area contributed by atoms with Crippen molar-refractivity contribution in [1.29, 1.82) is 0 Å². The van der Waals surface area contributed by atoms with E-state index in [-0.39, 0.29) is 23.4 Å². The molecule has 2 aromatic rings. The molecule has 4 rings (SSSR count). The van der Waals surface area contributed by atoms with Crippen LogP contribution in [0, 0.1) is 0 Å². The second kappa shape index (κ2) is 9.29. The van der Waals surface area contributed by atoms with Crippen LogP contribution in [0.5, 0.6) is 0 Å². The van der Waals surface area contributed by atoms with Gasteiger partial charge in [-0.15, -0.1) is 11.3 Å². The lowest BCUT2D eigenvalue weighted by molar-refractivity contribution is 0.0824. The van der Waals surface area contributed by atoms with Gasteiger partial charge in [-0.3, -0.25) is 9.69 Å². The Bertz CT molecular complexity index is 1120. The van der Waals surface area contributed by atoms with E-state index < -0.39 is 22.1 Å². The highest BCUT2D eigenvalue weighted by molar-refractivity contribution is 7.90. The average molecular weight is 477 g/mol. The van der Waals surface area contributed by atoms with Crippen molar-refractivity contribution in [3.05, 3.63) is 51.7 Å². The Labute approximate surface area is 190 Å². The van der Waals surface area contributed by atoms with Gasteiger partial charge in [0.2, 0.25) is 0 Å². The number of benzene rings is 1. The second-order valence-electron chi connectivity index (χ2n) is 7.85. The van der Waals surface area contributed by atoms with E-state index in [9.17, 15) is 22.8 Å². The quantitative estimate of drug-likeness (QED) is 0.591. The molecule has 2 heterocycles. The molecular formula is C21H24N4O5S2. The molecule has 32 heavy (non-hydrogen) atoms. The van der Waals surface area contributed by atoms with Gasteiger partial charge in [0.05, 0.1) is 16.3 Å². The van der Waals surface area contributed by atoms with Crippen molar-refractivity contribution in [2.24, 2.45) is 0 Å². The number of rotatable bonds is 6. The summed E-state index contributed by atoms with van der Waals surface area (Å²) < 4.78 is 26.9. The number of imide groups is 1. The highest BCUT2D eigenvalue weighted by Gasteiger charge is 2.32. The van der Waals surface area contributed by atoms with Gasteiger partial charge < -0.3 is 10.6 Å². The molecule has 0 spiro atoms. The SMILES string of the molecule is O=C(NC1CCCC1)NS(=O)(=O)c1ccc(CCNC(=O)N2Cc3ccsc3C2=O)cc1. The van der Waals surface area contributed by atoms with Gasteiger partial charge in [-0.05, 0) is 54.0 Å². The number of fused-ring (bicyclic) bond motifs is 1. The summed E-state index contributed by atoms with van der Waals surface area (Å²) in [5, 5.41) is 7.24. The van der Waals surface area contributed by atoms with Crippen molar-refractivity contribution in [1.82, 2.24) is 20.3 Å². The molecule has 1 aromatic heterocycles. The van der Waals surface area contributed by atoms with Gasteiger partial charge in [0.25, 0.3) is 15.9 Å². The van der Waals surface area contributed by atoms with E-state index in [2.05, 4.69) is 10.6 Å². The Balaban J connectivity index is 1.25. The molecule has 1 saturated carbocycles. The fourth-order valence-corrected chi connectivity index (χ4v) is 5.67. The number of thiophene rings is 1. The van der Waals surface area contributed by atoms with Crippen LogP contribution >= 0.6 is 11.3 Å². The number of hydrogen-bond acceptors (Lipinski definition) is 6. The highest BCUT2D eigenvalue weighted by Crippen LogP contribution is 2.27. The van der Waals surface area contributed by atoms with E-state index in [1.165, 1.54) is 28.4 Å². The third kappa shape index (κ3) is 4.94. The Kier molecular flexibility index (Phi) is 6.47. The Morgan fingerprint density at radius 1 is 1.09 bits per heavy atom. The zero-order valence-electron chi connectivity index (χ0n) is 17.3.